The molecule has 118 valence electrons. The zero-order chi connectivity index (χ0) is 16.1. The predicted octanol–water partition coefficient (Wildman–Crippen LogP) is 3.54. The number of imidazole rings is 1. The lowest BCUT2D eigenvalue weighted by Crippen LogP contribution is -2.06. The molecular weight excluding hydrogens is 288 g/mol. The molecule has 0 amide bonds. The Balaban J connectivity index is 1.75. The van der Waals surface area contributed by atoms with Crippen molar-refractivity contribution in [2.75, 3.05) is 17.2 Å². The Morgan fingerprint density at radius 3 is 2.65 bits per heavy atom. The number of rotatable bonds is 6. The maximum Gasteiger partial charge on any atom is 0.229 e. The van der Waals surface area contributed by atoms with Crippen LogP contribution in [-0.4, -0.2) is 26.1 Å². The van der Waals surface area contributed by atoms with Gasteiger partial charge < -0.3 is 15.2 Å². The fraction of sp³-hybridized carbons (Fsp3) is 0.235. The van der Waals surface area contributed by atoms with Gasteiger partial charge in [0.2, 0.25) is 5.95 Å². The molecule has 0 saturated carbocycles. The van der Waals surface area contributed by atoms with Crippen LogP contribution in [0.2, 0.25) is 0 Å². The molecule has 2 N–H and O–H groups in total. The lowest BCUT2D eigenvalue weighted by Gasteiger charge is -2.10. The summed E-state index contributed by atoms with van der Waals surface area (Å²) in [5.74, 6) is 1.44. The van der Waals surface area contributed by atoms with Gasteiger partial charge in [0.15, 0.2) is 0 Å². The monoisotopic (exact) mass is 308 g/mol. The first kappa shape index (κ1) is 15.0. The first-order chi connectivity index (χ1) is 11.2. The van der Waals surface area contributed by atoms with Crippen LogP contribution < -0.4 is 10.6 Å². The number of benzene rings is 1. The summed E-state index contributed by atoms with van der Waals surface area (Å²) >= 11 is 0. The van der Waals surface area contributed by atoms with Crippen molar-refractivity contribution in [2.24, 2.45) is 0 Å². The molecule has 0 saturated heterocycles. The van der Waals surface area contributed by atoms with Gasteiger partial charge in [0, 0.05) is 42.1 Å². The van der Waals surface area contributed by atoms with Crippen LogP contribution in [0.15, 0.2) is 49.1 Å². The van der Waals surface area contributed by atoms with Crippen LogP contribution in [-0.2, 0) is 0 Å². The lowest BCUT2D eigenvalue weighted by molar-refractivity contribution is 0.962. The third-order valence-corrected chi connectivity index (χ3v) is 3.34. The second kappa shape index (κ2) is 6.91. The second-order valence-electron chi connectivity index (χ2n) is 5.29. The summed E-state index contributed by atoms with van der Waals surface area (Å²) in [4.78, 5) is 13.0. The van der Waals surface area contributed by atoms with Crippen molar-refractivity contribution in [3.05, 3.63) is 54.7 Å². The van der Waals surface area contributed by atoms with Gasteiger partial charge in [-0.2, -0.15) is 4.98 Å². The molecule has 23 heavy (non-hydrogen) atoms. The van der Waals surface area contributed by atoms with Gasteiger partial charge in [-0.3, -0.25) is 0 Å². The minimum atomic E-state index is 0.596. The number of hydrogen-bond donors (Lipinski definition) is 2. The van der Waals surface area contributed by atoms with E-state index in [4.69, 9.17) is 0 Å². The summed E-state index contributed by atoms with van der Waals surface area (Å²) in [7, 11) is 0. The van der Waals surface area contributed by atoms with E-state index in [0.29, 0.717) is 5.95 Å². The van der Waals surface area contributed by atoms with Crippen LogP contribution in [0.1, 0.15) is 19.0 Å². The quantitative estimate of drug-likeness (QED) is 0.729. The van der Waals surface area contributed by atoms with Crippen LogP contribution in [0.25, 0.3) is 5.69 Å². The first-order valence-electron chi connectivity index (χ1n) is 7.69. The summed E-state index contributed by atoms with van der Waals surface area (Å²) in [5, 5.41) is 6.53. The molecule has 1 aromatic carbocycles. The molecule has 2 heterocycles. The van der Waals surface area contributed by atoms with Gasteiger partial charge in [-0.1, -0.05) is 6.92 Å². The fourth-order valence-corrected chi connectivity index (χ4v) is 2.23. The van der Waals surface area contributed by atoms with Gasteiger partial charge in [0.25, 0.3) is 0 Å². The summed E-state index contributed by atoms with van der Waals surface area (Å²) < 4.78 is 1.96. The van der Waals surface area contributed by atoms with Gasteiger partial charge in [0.1, 0.15) is 5.82 Å². The van der Waals surface area contributed by atoms with E-state index in [-0.39, 0.29) is 0 Å². The van der Waals surface area contributed by atoms with Gasteiger partial charge >= 0.3 is 0 Å². The van der Waals surface area contributed by atoms with Crippen molar-refractivity contribution in [3.63, 3.8) is 0 Å². The van der Waals surface area contributed by atoms with Crippen LogP contribution in [0, 0.1) is 6.92 Å². The molecule has 0 aliphatic heterocycles. The van der Waals surface area contributed by atoms with Crippen LogP contribution in [0.4, 0.5) is 17.5 Å². The average molecular weight is 308 g/mol. The zero-order valence-corrected chi connectivity index (χ0v) is 13.3. The number of aryl methyl sites for hydroxylation is 1. The summed E-state index contributed by atoms with van der Waals surface area (Å²) in [6, 6.07) is 10.00. The standard InChI is InChI=1S/C17H20N6/c1-3-8-19-16-11-13(2)20-17(22-16)21-14-4-6-15(7-5-14)23-10-9-18-12-23/h4-7,9-12H,3,8H2,1-2H3,(H2,19,20,21,22). The minimum absolute atomic E-state index is 0.596. The number of aromatic nitrogens is 4. The highest BCUT2D eigenvalue weighted by molar-refractivity contribution is 5.57. The topological polar surface area (TPSA) is 67.7 Å². The Morgan fingerprint density at radius 1 is 1.13 bits per heavy atom. The first-order valence-corrected chi connectivity index (χ1v) is 7.69. The van der Waals surface area contributed by atoms with Gasteiger partial charge in [0.05, 0.1) is 6.33 Å². The summed E-state index contributed by atoms with van der Waals surface area (Å²) in [6.07, 6.45) is 6.51. The van der Waals surface area contributed by atoms with E-state index >= 15 is 0 Å². The molecule has 0 radical (unpaired) electrons. The van der Waals surface area contributed by atoms with Crippen molar-refractivity contribution in [3.8, 4) is 5.69 Å². The van der Waals surface area contributed by atoms with E-state index in [1.165, 1.54) is 0 Å². The number of nitrogens with one attached hydrogen (secondary N) is 2. The van der Waals surface area contributed by atoms with E-state index in [1.807, 2.05) is 48.0 Å². The van der Waals surface area contributed by atoms with Crippen LogP contribution in [0.5, 0.6) is 0 Å². The predicted molar refractivity (Wildman–Crippen MR) is 92.4 cm³/mol. The van der Waals surface area contributed by atoms with Crippen LogP contribution >= 0.6 is 0 Å². The van der Waals surface area contributed by atoms with E-state index in [0.717, 1.165) is 35.9 Å². The molecule has 0 aliphatic rings. The van der Waals surface area contributed by atoms with Gasteiger partial charge in [-0.25, -0.2) is 9.97 Å². The Kier molecular flexibility index (Phi) is 4.52. The third-order valence-electron chi connectivity index (χ3n) is 3.34. The maximum absolute atomic E-state index is 4.49. The number of nitrogens with zero attached hydrogens (tertiary/aromatic N) is 4. The molecule has 0 bridgehead atoms. The summed E-state index contributed by atoms with van der Waals surface area (Å²) in [5.41, 5.74) is 2.93. The summed E-state index contributed by atoms with van der Waals surface area (Å²) in [6.45, 7) is 4.99. The average Bonchev–Trinajstić information content (AvgIpc) is 3.07. The normalized spacial score (nSPS) is 10.5. The highest BCUT2D eigenvalue weighted by Gasteiger charge is 2.03. The molecule has 2 aromatic heterocycles. The molecule has 3 rings (SSSR count). The molecule has 0 unspecified atom stereocenters. The van der Waals surface area contributed by atoms with E-state index in [1.54, 1.807) is 12.5 Å². The SMILES string of the molecule is CCCNc1cc(C)nc(Nc2ccc(-n3ccnc3)cc2)n1. The van der Waals surface area contributed by atoms with Crippen molar-refractivity contribution in [1.82, 2.24) is 19.5 Å². The third kappa shape index (κ3) is 3.85. The molecule has 6 heteroatoms. The van der Waals surface area contributed by atoms with Crippen LogP contribution in [0.3, 0.4) is 0 Å². The highest BCUT2D eigenvalue weighted by Crippen LogP contribution is 2.18. The molecule has 0 spiro atoms. The number of hydrogen-bond acceptors (Lipinski definition) is 5. The fourth-order valence-electron chi connectivity index (χ4n) is 2.23. The van der Waals surface area contributed by atoms with Crippen molar-refractivity contribution >= 4 is 17.5 Å². The molecule has 6 nitrogen and oxygen atoms in total. The van der Waals surface area contributed by atoms with E-state index < -0.39 is 0 Å². The second-order valence-corrected chi connectivity index (χ2v) is 5.29. The van der Waals surface area contributed by atoms with Crippen molar-refractivity contribution in [1.29, 1.82) is 0 Å². The largest absolute Gasteiger partial charge is 0.370 e. The smallest absolute Gasteiger partial charge is 0.229 e. The highest BCUT2D eigenvalue weighted by atomic mass is 15.1. The minimum Gasteiger partial charge on any atom is -0.370 e. The molecular formula is C17H20N6. The van der Waals surface area contributed by atoms with Crippen molar-refractivity contribution in [2.45, 2.75) is 20.3 Å². The Hall–Kier alpha value is -2.89. The van der Waals surface area contributed by atoms with Crippen molar-refractivity contribution < 1.29 is 0 Å². The molecule has 0 aliphatic carbocycles. The van der Waals surface area contributed by atoms with Gasteiger partial charge in [-0.15, -0.1) is 0 Å². The van der Waals surface area contributed by atoms with Gasteiger partial charge in [-0.05, 0) is 37.6 Å². The Bertz CT molecular complexity index is 749. The molecule has 3 aromatic rings. The number of anilines is 3. The molecule has 0 fully saturated rings. The molecule has 0 atom stereocenters. The maximum atomic E-state index is 4.49. The van der Waals surface area contributed by atoms with E-state index in [9.17, 15) is 0 Å². The Morgan fingerprint density at radius 2 is 1.96 bits per heavy atom. The lowest BCUT2D eigenvalue weighted by atomic mass is 10.3. The Labute approximate surface area is 135 Å². The zero-order valence-electron chi connectivity index (χ0n) is 13.3. The van der Waals surface area contributed by atoms with E-state index in [2.05, 4.69) is 32.5 Å².